The van der Waals surface area contributed by atoms with Gasteiger partial charge in [-0.15, -0.1) is 0 Å². The summed E-state index contributed by atoms with van der Waals surface area (Å²) in [5.74, 6) is 1.58. The number of hydrogen-bond donors (Lipinski definition) is 1. The van der Waals surface area contributed by atoms with E-state index in [1.54, 1.807) is 0 Å². The molecule has 0 amide bonds. The lowest BCUT2D eigenvalue weighted by Crippen LogP contribution is -2.40. The topological polar surface area (TPSA) is 39.1 Å². The summed E-state index contributed by atoms with van der Waals surface area (Å²) in [6.45, 7) is 7.68. The Hall–Kier alpha value is -0.590. The maximum atomic E-state index is 8.96. The quantitative estimate of drug-likeness (QED) is 0.706. The van der Waals surface area contributed by atoms with Crippen LogP contribution in [0.15, 0.2) is 0 Å². The molecule has 0 bridgehead atoms. The lowest BCUT2D eigenvalue weighted by Gasteiger charge is -2.28. The van der Waals surface area contributed by atoms with E-state index in [-0.39, 0.29) is 6.04 Å². The molecule has 2 aliphatic rings. The van der Waals surface area contributed by atoms with Gasteiger partial charge in [0.2, 0.25) is 0 Å². The minimum Gasteiger partial charge on any atom is -0.316 e. The van der Waals surface area contributed by atoms with Crippen molar-refractivity contribution in [2.75, 3.05) is 19.6 Å². The molecule has 78 valence electrons. The Morgan fingerprint density at radius 1 is 1.57 bits per heavy atom. The monoisotopic (exact) mass is 193 g/mol. The zero-order valence-electron chi connectivity index (χ0n) is 9.03. The Morgan fingerprint density at radius 3 is 3.00 bits per heavy atom. The van der Waals surface area contributed by atoms with Crippen molar-refractivity contribution in [2.45, 2.75) is 32.4 Å². The van der Waals surface area contributed by atoms with Crippen molar-refractivity contribution in [1.82, 2.24) is 10.2 Å². The van der Waals surface area contributed by atoms with Crippen LogP contribution in [-0.4, -0.2) is 36.6 Å². The fourth-order valence-electron chi connectivity index (χ4n) is 3.11. The molecule has 0 aromatic heterocycles. The minimum atomic E-state index is 0.0885. The van der Waals surface area contributed by atoms with Gasteiger partial charge in [-0.2, -0.15) is 5.26 Å². The van der Waals surface area contributed by atoms with E-state index in [2.05, 4.69) is 23.2 Å². The molecule has 3 nitrogen and oxygen atoms in total. The van der Waals surface area contributed by atoms with Gasteiger partial charge in [0.15, 0.2) is 0 Å². The molecule has 0 saturated carbocycles. The van der Waals surface area contributed by atoms with Crippen LogP contribution in [-0.2, 0) is 0 Å². The highest BCUT2D eigenvalue weighted by Gasteiger charge is 2.44. The highest BCUT2D eigenvalue weighted by Crippen LogP contribution is 2.35. The van der Waals surface area contributed by atoms with Gasteiger partial charge in [-0.05, 0) is 38.3 Å². The summed E-state index contributed by atoms with van der Waals surface area (Å²) in [7, 11) is 0. The Kier molecular flexibility index (Phi) is 2.76. The minimum absolute atomic E-state index is 0.0885. The molecule has 0 aromatic carbocycles. The molecule has 4 unspecified atom stereocenters. The number of hydrogen-bond acceptors (Lipinski definition) is 3. The van der Waals surface area contributed by atoms with E-state index in [0.29, 0.717) is 6.04 Å². The molecule has 2 aliphatic heterocycles. The van der Waals surface area contributed by atoms with E-state index < -0.39 is 0 Å². The highest BCUT2D eigenvalue weighted by atomic mass is 15.2. The van der Waals surface area contributed by atoms with Crippen molar-refractivity contribution < 1.29 is 0 Å². The van der Waals surface area contributed by atoms with Crippen molar-refractivity contribution >= 4 is 0 Å². The van der Waals surface area contributed by atoms with Crippen molar-refractivity contribution in [3.63, 3.8) is 0 Å². The molecule has 2 heterocycles. The fraction of sp³-hybridized carbons (Fsp3) is 0.909. The van der Waals surface area contributed by atoms with E-state index in [4.69, 9.17) is 5.26 Å². The van der Waals surface area contributed by atoms with Crippen LogP contribution in [0.1, 0.15) is 20.3 Å². The van der Waals surface area contributed by atoms with E-state index in [1.165, 1.54) is 6.42 Å². The summed E-state index contributed by atoms with van der Waals surface area (Å²) in [4.78, 5) is 2.40. The largest absolute Gasteiger partial charge is 0.316 e. The molecule has 2 saturated heterocycles. The van der Waals surface area contributed by atoms with Gasteiger partial charge in [-0.1, -0.05) is 6.92 Å². The first-order valence-electron chi connectivity index (χ1n) is 5.64. The maximum absolute atomic E-state index is 8.96. The molecule has 1 N–H and O–H groups in total. The fourth-order valence-corrected chi connectivity index (χ4v) is 3.11. The van der Waals surface area contributed by atoms with Crippen LogP contribution in [0.4, 0.5) is 0 Å². The Morgan fingerprint density at radius 2 is 2.36 bits per heavy atom. The average Bonchev–Trinajstić information content (AvgIpc) is 2.74. The molecule has 2 rings (SSSR count). The SMILES string of the molecule is CCC1C2CNCC2CN1C(C)C#N. The van der Waals surface area contributed by atoms with E-state index in [1.807, 2.05) is 6.92 Å². The van der Waals surface area contributed by atoms with Crippen LogP contribution in [0.25, 0.3) is 0 Å². The number of nitriles is 1. The van der Waals surface area contributed by atoms with Crippen LogP contribution in [0.5, 0.6) is 0 Å². The van der Waals surface area contributed by atoms with Gasteiger partial charge in [0, 0.05) is 12.6 Å². The zero-order chi connectivity index (χ0) is 10.1. The molecule has 0 spiro atoms. The molecule has 3 heteroatoms. The van der Waals surface area contributed by atoms with Gasteiger partial charge in [-0.25, -0.2) is 0 Å². The van der Waals surface area contributed by atoms with Crippen molar-refractivity contribution in [2.24, 2.45) is 11.8 Å². The maximum Gasteiger partial charge on any atom is 0.0951 e. The van der Waals surface area contributed by atoms with Gasteiger partial charge < -0.3 is 5.32 Å². The third-order valence-corrected chi connectivity index (χ3v) is 3.86. The second-order valence-corrected chi connectivity index (χ2v) is 4.56. The summed E-state index contributed by atoms with van der Waals surface area (Å²) < 4.78 is 0. The van der Waals surface area contributed by atoms with Crippen LogP contribution >= 0.6 is 0 Å². The Bertz CT molecular complexity index is 245. The zero-order valence-corrected chi connectivity index (χ0v) is 9.03. The van der Waals surface area contributed by atoms with Crippen LogP contribution < -0.4 is 5.32 Å². The number of nitrogens with one attached hydrogen (secondary N) is 1. The summed E-state index contributed by atoms with van der Waals surface area (Å²) in [5.41, 5.74) is 0. The average molecular weight is 193 g/mol. The molecular formula is C11H19N3. The van der Waals surface area contributed by atoms with Gasteiger partial charge >= 0.3 is 0 Å². The van der Waals surface area contributed by atoms with Crippen molar-refractivity contribution in [3.8, 4) is 6.07 Å². The number of fused-ring (bicyclic) bond motifs is 1. The lowest BCUT2D eigenvalue weighted by atomic mass is 9.93. The number of nitrogens with zero attached hydrogens (tertiary/aromatic N) is 2. The molecule has 0 aliphatic carbocycles. The Balaban J connectivity index is 2.10. The highest BCUT2D eigenvalue weighted by molar-refractivity contribution is 5.03. The third kappa shape index (κ3) is 1.43. The molecule has 14 heavy (non-hydrogen) atoms. The number of rotatable bonds is 2. The molecule has 0 aromatic rings. The van der Waals surface area contributed by atoms with Crippen molar-refractivity contribution in [3.05, 3.63) is 0 Å². The van der Waals surface area contributed by atoms with Gasteiger partial charge in [0.05, 0.1) is 12.1 Å². The first kappa shape index (κ1) is 9.95. The molecular weight excluding hydrogens is 174 g/mol. The van der Waals surface area contributed by atoms with Crippen LogP contribution in [0.2, 0.25) is 0 Å². The third-order valence-electron chi connectivity index (χ3n) is 3.86. The summed E-state index contributed by atoms with van der Waals surface area (Å²) in [5, 5.41) is 12.4. The van der Waals surface area contributed by atoms with E-state index >= 15 is 0 Å². The molecule has 2 fully saturated rings. The number of likely N-dealkylation sites (tertiary alicyclic amines) is 1. The van der Waals surface area contributed by atoms with Crippen LogP contribution in [0.3, 0.4) is 0 Å². The molecule has 4 atom stereocenters. The standard InChI is InChI=1S/C11H19N3/c1-3-11-10-6-13-5-9(10)7-14(11)8(2)4-12/h8-11,13H,3,5-7H2,1-2H3. The van der Waals surface area contributed by atoms with Gasteiger partial charge in [-0.3, -0.25) is 4.90 Å². The van der Waals surface area contributed by atoms with Gasteiger partial charge in [0.1, 0.15) is 0 Å². The first-order chi connectivity index (χ1) is 6.77. The summed E-state index contributed by atoms with van der Waals surface area (Å²) >= 11 is 0. The van der Waals surface area contributed by atoms with Crippen LogP contribution in [0, 0.1) is 23.2 Å². The smallest absolute Gasteiger partial charge is 0.0951 e. The Labute approximate surface area is 86.1 Å². The normalized spacial score (nSPS) is 39.4. The van der Waals surface area contributed by atoms with E-state index in [9.17, 15) is 0 Å². The first-order valence-corrected chi connectivity index (χ1v) is 5.64. The predicted molar refractivity (Wildman–Crippen MR) is 55.7 cm³/mol. The summed E-state index contributed by atoms with van der Waals surface area (Å²) in [6.07, 6.45) is 1.18. The lowest BCUT2D eigenvalue weighted by molar-refractivity contribution is 0.195. The second-order valence-electron chi connectivity index (χ2n) is 4.56. The van der Waals surface area contributed by atoms with E-state index in [0.717, 1.165) is 31.5 Å². The van der Waals surface area contributed by atoms with Gasteiger partial charge in [0.25, 0.3) is 0 Å². The second kappa shape index (κ2) is 3.88. The predicted octanol–water partition coefficient (Wildman–Crippen LogP) is 0.828. The van der Waals surface area contributed by atoms with Crippen molar-refractivity contribution in [1.29, 1.82) is 5.26 Å². The molecule has 0 radical (unpaired) electrons. The summed E-state index contributed by atoms with van der Waals surface area (Å²) in [6, 6.07) is 3.08.